The fourth-order valence-corrected chi connectivity index (χ4v) is 2.54. The topological polar surface area (TPSA) is 207 Å². The van der Waals surface area contributed by atoms with Gasteiger partial charge in [0.25, 0.3) is 0 Å². The molecular weight excluding hydrogens is 336 g/mol. The smallest absolute Gasteiger partial charge is 0.335 e. The molecule has 0 radical (unpaired) electrons. The number of carboxylic acids is 1. The first kappa shape index (κ1) is 19.4. The Labute approximate surface area is 135 Å². The molecule has 1 unspecified atom stereocenters. The maximum Gasteiger partial charge on any atom is 0.335 e. The van der Waals surface area contributed by atoms with Crippen molar-refractivity contribution < 1.29 is 59.9 Å². The lowest BCUT2D eigenvalue weighted by molar-refractivity contribution is -0.350. The SMILES string of the molecule is O=C(O)[C@H]1OC(O)[C@H](O)[C@@H](O)[C@@H]1O[C@@H]1O[C@H](CO)[C@H](O)[C@H](O)[C@H]1O. The quantitative estimate of drug-likeness (QED) is 0.238. The van der Waals surface area contributed by atoms with Crippen LogP contribution < -0.4 is 0 Å². The van der Waals surface area contributed by atoms with E-state index in [1.165, 1.54) is 0 Å². The molecule has 0 amide bonds. The van der Waals surface area contributed by atoms with Gasteiger partial charge in [0.15, 0.2) is 18.7 Å². The van der Waals surface area contributed by atoms with Crippen molar-refractivity contribution in [2.45, 2.75) is 61.4 Å². The summed E-state index contributed by atoms with van der Waals surface area (Å²) in [6.45, 7) is -0.738. The van der Waals surface area contributed by atoms with Crippen LogP contribution in [0.1, 0.15) is 0 Å². The summed E-state index contributed by atoms with van der Waals surface area (Å²) in [4.78, 5) is 11.2. The molecule has 0 bridgehead atoms. The third kappa shape index (κ3) is 3.52. The van der Waals surface area contributed by atoms with Gasteiger partial charge in [0.2, 0.25) is 0 Å². The number of carboxylic acid groups (broad SMARTS) is 1. The average Bonchev–Trinajstić information content (AvgIpc) is 2.54. The van der Waals surface area contributed by atoms with Gasteiger partial charge < -0.3 is 55.1 Å². The van der Waals surface area contributed by atoms with E-state index in [1.807, 2.05) is 0 Å². The zero-order valence-corrected chi connectivity index (χ0v) is 12.2. The van der Waals surface area contributed by atoms with Gasteiger partial charge in [-0.3, -0.25) is 0 Å². The highest BCUT2D eigenvalue weighted by molar-refractivity contribution is 5.73. The molecule has 2 saturated heterocycles. The van der Waals surface area contributed by atoms with Crippen molar-refractivity contribution in [1.29, 1.82) is 0 Å². The Morgan fingerprint density at radius 3 is 2.04 bits per heavy atom. The van der Waals surface area contributed by atoms with Crippen LogP contribution in [0, 0.1) is 0 Å². The molecule has 0 aromatic carbocycles. The zero-order valence-electron chi connectivity index (χ0n) is 12.2. The van der Waals surface area contributed by atoms with Crippen molar-refractivity contribution in [3.63, 3.8) is 0 Å². The highest BCUT2D eigenvalue weighted by atomic mass is 16.7. The van der Waals surface area contributed by atoms with E-state index in [-0.39, 0.29) is 0 Å². The third-order valence-corrected chi connectivity index (χ3v) is 3.95. The molecule has 2 heterocycles. The fourth-order valence-electron chi connectivity index (χ4n) is 2.54. The summed E-state index contributed by atoms with van der Waals surface area (Å²) in [6, 6.07) is 0. The number of ether oxygens (including phenoxy) is 3. The number of aliphatic carboxylic acids is 1. The first-order valence-corrected chi connectivity index (χ1v) is 7.07. The second-order valence-electron chi connectivity index (χ2n) is 5.56. The molecule has 2 rings (SSSR count). The molecule has 0 aromatic rings. The Bertz CT molecular complexity index is 444. The van der Waals surface area contributed by atoms with Gasteiger partial charge in [0.05, 0.1) is 6.61 Å². The number of rotatable bonds is 4. The van der Waals surface area contributed by atoms with Gasteiger partial charge in [0, 0.05) is 0 Å². The fraction of sp³-hybridized carbons (Fsp3) is 0.917. The normalized spacial score (nSPS) is 49.8. The van der Waals surface area contributed by atoms with Crippen molar-refractivity contribution in [3.05, 3.63) is 0 Å². The Kier molecular flexibility index (Phi) is 6.09. The average molecular weight is 356 g/mol. The van der Waals surface area contributed by atoms with Crippen molar-refractivity contribution in [2.24, 2.45) is 0 Å². The minimum Gasteiger partial charge on any atom is -0.479 e. The molecule has 24 heavy (non-hydrogen) atoms. The maximum atomic E-state index is 11.2. The molecular formula is C12H20O12. The van der Waals surface area contributed by atoms with Crippen LogP contribution in [0.4, 0.5) is 0 Å². The number of aliphatic hydroxyl groups excluding tert-OH is 7. The predicted octanol–water partition coefficient (Wildman–Crippen LogP) is -5.30. The summed E-state index contributed by atoms with van der Waals surface area (Å²) in [7, 11) is 0. The second-order valence-corrected chi connectivity index (χ2v) is 5.56. The largest absolute Gasteiger partial charge is 0.479 e. The minimum absolute atomic E-state index is 0.738. The number of carbonyl (C=O) groups is 1. The number of aliphatic hydroxyl groups is 7. The Hall–Kier alpha value is -0.930. The van der Waals surface area contributed by atoms with Crippen molar-refractivity contribution in [3.8, 4) is 0 Å². The van der Waals surface area contributed by atoms with Crippen LogP contribution >= 0.6 is 0 Å². The first-order valence-electron chi connectivity index (χ1n) is 7.07. The zero-order chi connectivity index (χ0) is 18.2. The van der Waals surface area contributed by atoms with Crippen LogP contribution in [0.5, 0.6) is 0 Å². The highest BCUT2D eigenvalue weighted by Crippen LogP contribution is 2.28. The summed E-state index contributed by atoms with van der Waals surface area (Å²) in [5.74, 6) is -1.63. The van der Waals surface area contributed by atoms with Crippen molar-refractivity contribution >= 4 is 5.97 Å². The lowest BCUT2D eigenvalue weighted by Gasteiger charge is -2.44. The monoisotopic (exact) mass is 356 g/mol. The molecule has 0 aliphatic carbocycles. The van der Waals surface area contributed by atoms with Gasteiger partial charge in [-0.05, 0) is 0 Å². The van der Waals surface area contributed by atoms with Gasteiger partial charge in [-0.2, -0.15) is 0 Å². The summed E-state index contributed by atoms with van der Waals surface area (Å²) in [5, 5.41) is 76.2. The molecule has 2 fully saturated rings. The van der Waals surface area contributed by atoms with Crippen LogP contribution in [-0.2, 0) is 19.0 Å². The molecule has 12 nitrogen and oxygen atoms in total. The van der Waals surface area contributed by atoms with Crippen LogP contribution in [0.15, 0.2) is 0 Å². The molecule has 0 spiro atoms. The van der Waals surface area contributed by atoms with Gasteiger partial charge in [0.1, 0.15) is 42.7 Å². The summed E-state index contributed by atoms with van der Waals surface area (Å²) >= 11 is 0. The lowest BCUT2D eigenvalue weighted by Crippen LogP contribution is -2.65. The first-order chi connectivity index (χ1) is 11.2. The van der Waals surface area contributed by atoms with E-state index in [0.29, 0.717) is 0 Å². The van der Waals surface area contributed by atoms with E-state index < -0.39 is 74.0 Å². The van der Waals surface area contributed by atoms with E-state index in [0.717, 1.165) is 0 Å². The molecule has 2 aliphatic heterocycles. The summed E-state index contributed by atoms with van der Waals surface area (Å²) in [5.41, 5.74) is 0. The lowest BCUT2D eigenvalue weighted by atomic mass is 9.97. The maximum absolute atomic E-state index is 11.2. The van der Waals surface area contributed by atoms with Gasteiger partial charge >= 0.3 is 5.97 Å². The molecule has 140 valence electrons. The van der Waals surface area contributed by atoms with Gasteiger partial charge in [-0.15, -0.1) is 0 Å². The molecule has 0 saturated carbocycles. The Morgan fingerprint density at radius 2 is 1.50 bits per heavy atom. The Morgan fingerprint density at radius 1 is 0.875 bits per heavy atom. The Balaban J connectivity index is 2.18. The van der Waals surface area contributed by atoms with Crippen molar-refractivity contribution in [1.82, 2.24) is 0 Å². The van der Waals surface area contributed by atoms with E-state index in [9.17, 15) is 35.4 Å². The van der Waals surface area contributed by atoms with Crippen LogP contribution in [-0.4, -0.2) is 115 Å². The van der Waals surface area contributed by atoms with Crippen LogP contribution in [0.3, 0.4) is 0 Å². The number of hydrogen-bond acceptors (Lipinski definition) is 11. The van der Waals surface area contributed by atoms with Crippen LogP contribution in [0.2, 0.25) is 0 Å². The van der Waals surface area contributed by atoms with E-state index in [1.54, 1.807) is 0 Å². The molecule has 2 aliphatic rings. The van der Waals surface area contributed by atoms with Crippen LogP contribution in [0.25, 0.3) is 0 Å². The standard InChI is InChI=1S/C12H20O12/c13-1-2-3(14)4(15)7(18)12(22-2)24-8-5(16)6(17)11(21)23-9(8)10(19)20/h2-9,11-18,21H,1H2,(H,19,20)/t2-,3+,4+,5-,6-,7-,8+,9+,11?,12+/m1/s1. The minimum atomic E-state index is -1.98. The van der Waals surface area contributed by atoms with E-state index >= 15 is 0 Å². The molecule has 8 N–H and O–H groups in total. The van der Waals surface area contributed by atoms with Gasteiger partial charge in [-0.1, -0.05) is 0 Å². The number of hydrogen-bond donors (Lipinski definition) is 8. The molecule has 12 heteroatoms. The summed E-state index contributed by atoms with van der Waals surface area (Å²) < 4.78 is 14.8. The van der Waals surface area contributed by atoms with E-state index in [4.69, 9.17) is 19.7 Å². The molecule has 10 atom stereocenters. The second kappa shape index (κ2) is 7.53. The van der Waals surface area contributed by atoms with Crippen molar-refractivity contribution in [2.75, 3.05) is 6.61 Å². The molecule has 0 aromatic heterocycles. The van der Waals surface area contributed by atoms with E-state index in [2.05, 4.69) is 4.74 Å². The predicted molar refractivity (Wildman–Crippen MR) is 69.2 cm³/mol. The highest BCUT2D eigenvalue weighted by Gasteiger charge is 2.52. The summed E-state index contributed by atoms with van der Waals surface area (Å²) in [6.07, 6.45) is -17.8. The third-order valence-electron chi connectivity index (χ3n) is 3.95. The van der Waals surface area contributed by atoms with Gasteiger partial charge in [-0.25, -0.2) is 4.79 Å².